The van der Waals surface area contributed by atoms with Crippen molar-refractivity contribution in [2.45, 2.75) is 70.9 Å². The van der Waals surface area contributed by atoms with Crippen LogP contribution in [0, 0.1) is 11.8 Å². The van der Waals surface area contributed by atoms with Crippen LogP contribution < -0.4 is 0 Å². The Morgan fingerprint density at radius 2 is 2.00 bits per heavy atom. The molecule has 1 aliphatic carbocycles. The van der Waals surface area contributed by atoms with Crippen LogP contribution in [0.3, 0.4) is 0 Å². The van der Waals surface area contributed by atoms with Gasteiger partial charge in [-0.2, -0.15) is 0 Å². The summed E-state index contributed by atoms with van der Waals surface area (Å²) in [5.74, 6) is 1.37. The van der Waals surface area contributed by atoms with Crippen LogP contribution in [0.25, 0.3) is 0 Å². The lowest BCUT2D eigenvalue weighted by molar-refractivity contribution is 0.0284. The standard InChI is InChI=1S/C15H29NO/c1-3-12(2)11-16-10-5-4-8-14(16)13-7-6-9-15(13)17/h12-15,17H,3-11H2,1-2H3. The second kappa shape index (κ2) is 6.19. The Labute approximate surface area is 106 Å². The van der Waals surface area contributed by atoms with Crippen molar-refractivity contribution >= 4 is 0 Å². The zero-order valence-corrected chi connectivity index (χ0v) is 11.6. The molecule has 2 heteroatoms. The lowest BCUT2D eigenvalue weighted by atomic mass is 9.87. The molecule has 0 spiro atoms. The molecule has 4 unspecified atom stereocenters. The fourth-order valence-electron chi connectivity index (χ4n) is 3.68. The van der Waals surface area contributed by atoms with E-state index >= 15 is 0 Å². The second-order valence-corrected chi connectivity index (χ2v) is 6.23. The number of hydrogen-bond acceptors (Lipinski definition) is 2. The fourth-order valence-corrected chi connectivity index (χ4v) is 3.68. The summed E-state index contributed by atoms with van der Waals surface area (Å²) in [7, 11) is 0. The molecule has 0 aromatic rings. The van der Waals surface area contributed by atoms with Crippen LogP contribution in [0.2, 0.25) is 0 Å². The van der Waals surface area contributed by atoms with Crippen LogP contribution in [-0.2, 0) is 0 Å². The summed E-state index contributed by atoms with van der Waals surface area (Å²) < 4.78 is 0. The fraction of sp³-hybridized carbons (Fsp3) is 1.00. The number of nitrogens with zero attached hydrogens (tertiary/aromatic N) is 1. The first-order valence-corrected chi connectivity index (χ1v) is 7.64. The van der Waals surface area contributed by atoms with E-state index < -0.39 is 0 Å². The number of piperidine rings is 1. The van der Waals surface area contributed by atoms with Crippen molar-refractivity contribution in [2.75, 3.05) is 13.1 Å². The van der Waals surface area contributed by atoms with Crippen LogP contribution in [0.1, 0.15) is 58.8 Å². The van der Waals surface area contributed by atoms with E-state index in [1.54, 1.807) is 0 Å². The number of hydrogen-bond donors (Lipinski definition) is 1. The Morgan fingerprint density at radius 3 is 2.65 bits per heavy atom. The molecule has 0 radical (unpaired) electrons. The number of aliphatic hydroxyl groups is 1. The van der Waals surface area contributed by atoms with Gasteiger partial charge in [0.25, 0.3) is 0 Å². The van der Waals surface area contributed by atoms with E-state index in [-0.39, 0.29) is 6.10 Å². The minimum atomic E-state index is -0.0162. The molecule has 2 nitrogen and oxygen atoms in total. The molecule has 0 aromatic carbocycles. The van der Waals surface area contributed by atoms with Crippen LogP contribution >= 0.6 is 0 Å². The molecule has 1 aliphatic heterocycles. The van der Waals surface area contributed by atoms with E-state index in [9.17, 15) is 5.11 Å². The van der Waals surface area contributed by atoms with Crippen molar-refractivity contribution in [1.82, 2.24) is 4.90 Å². The van der Waals surface area contributed by atoms with Gasteiger partial charge in [0, 0.05) is 18.5 Å². The highest BCUT2D eigenvalue weighted by atomic mass is 16.3. The average molecular weight is 239 g/mol. The first-order valence-electron chi connectivity index (χ1n) is 7.64. The molecule has 2 aliphatic rings. The first-order chi connectivity index (χ1) is 8.22. The Balaban J connectivity index is 1.96. The SMILES string of the molecule is CCC(C)CN1CCCCC1C1CCCC1O. The van der Waals surface area contributed by atoms with Crippen molar-refractivity contribution in [1.29, 1.82) is 0 Å². The first kappa shape index (κ1) is 13.4. The van der Waals surface area contributed by atoms with Gasteiger partial charge in [-0.1, -0.05) is 33.1 Å². The molecule has 4 atom stereocenters. The maximum atomic E-state index is 10.1. The van der Waals surface area contributed by atoms with E-state index in [0.717, 1.165) is 12.3 Å². The van der Waals surface area contributed by atoms with E-state index in [0.29, 0.717) is 12.0 Å². The van der Waals surface area contributed by atoms with Gasteiger partial charge in [0.1, 0.15) is 0 Å². The third-order valence-corrected chi connectivity index (χ3v) is 4.93. The highest BCUT2D eigenvalue weighted by Crippen LogP contribution is 2.35. The van der Waals surface area contributed by atoms with Crippen molar-refractivity contribution in [3.05, 3.63) is 0 Å². The van der Waals surface area contributed by atoms with E-state index in [1.165, 1.54) is 51.6 Å². The highest BCUT2D eigenvalue weighted by molar-refractivity contribution is 4.90. The number of likely N-dealkylation sites (tertiary alicyclic amines) is 1. The predicted octanol–water partition coefficient (Wildman–Crippen LogP) is 3.05. The Kier molecular flexibility index (Phi) is 4.87. The monoisotopic (exact) mass is 239 g/mol. The molecular formula is C15H29NO. The Morgan fingerprint density at radius 1 is 1.18 bits per heavy atom. The lowest BCUT2D eigenvalue weighted by Gasteiger charge is -2.41. The van der Waals surface area contributed by atoms with E-state index in [1.807, 2.05) is 0 Å². The van der Waals surface area contributed by atoms with Gasteiger partial charge in [0.2, 0.25) is 0 Å². The minimum Gasteiger partial charge on any atom is -0.393 e. The van der Waals surface area contributed by atoms with Gasteiger partial charge in [-0.25, -0.2) is 0 Å². The van der Waals surface area contributed by atoms with Gasteiger partial charge in [-0.3, -0.25) is 4.90 Å². The zero-order chi connectivity index (χ0) is 12.3. The lowest BCUT2D eigenvalue weighted by Crippen LogP contribution is -2.47. The van der Waals surface area contributed by atoms with Crippen LogP contribution in [-0.4, -0.2) is 35.2 Å². The third kappa shape index (κ3) is 3.23. The molecular weight excluding hydrogens is 210 g/mol. The molecule has 100 valence electrons. The largest absolute Gasteiger partial charge is 0.393 e. The molecule has 1 heterocycles. The summed E-state index contributed by atoms with van der Waals surface area (Å²) >= 11 is 0. The van der Waals surface area contributed by atoms with Gasteiger partial charge in [0.05, 0.1) is 6.10 Å². The molecule has 17 heavy (non-hydrogen) atoms. The summed E-state index contributed by atoms with van der Waals surface area (Å²) in [5.41, 5.74) is 0. The van der Waals surface area contributed by atoms with Crippen molar-refractivity contribution < 1.29 is 5.11 Å². The Hall–Kier alpha value is -0.0800. The summed E-state index contributed by atoms with van der Waals surface area (Å²) in [4.78, 5) is 2.69. The summed E-state index contributed by atoms with van der Waals surface area (Å²) in [6.45, 7) is 7.15. The summed E-state index contributed by atoms with van der Waals surface area (Å²) in [6.07, 6.45) is 8.83. The summed E-state index contributed by atoms with van der Waals surface area (Å²) in [5, 5.41) is 10.1. The van der Waals surface area contributed by atoms with Crippen LogP contribution in [0.4, 0.5) is 0 Å². The van der Waals surface area contributed by atoms with Crippen molar-refractivity contribution in [3.63, 3.8) is 0 Å². The van der Waals surface area contributed by atoms with E-state index in [4.69, 9.17) is 0 Å². The van der Waals surface area contributed by atoms with Gasteiger partial charge < -0.3 is 5.11 Å². The maximum Gasteiger partial charge on any atom is 0.0583 e. The van der Waals surface area contributed by atoms with Crippen molar-refractivity contribution in [2.24, 2.45) is 11.8 Å². The number of rotatable bonds is 4. The van der Waals surface area contributed by atoms with Gasteiger partial charge >= 0.3 is 0 Å². The van der Waals surface area contributed by atoms with Crippen LogP contribution in [0.5, 0.6) is 0 Å². The zero-order valence-electron chi connectivity index (χ0n) is 11.6. The summed E-state index contributed by atoms with van der Waals surface area (Å²) in [6, 6.07) is 0.676. The molecule has 0 amide bonds. The number of aliphatic hydroxyl groups excluding tert-OH is 1. The van der Waals surface area contributed by atoms with Gasteiger partial charge in [-0.05, 0) is 38.1 Å². The smallest absolute Gasteiger partial charge is 0.0583 e. The third-order valence-electron chi connectivity index (χ3n) is 4.93. The highest BCUT2D eigenvalue weighted by Gasteiger charge is 2.36. The molecule has 1 saturated carbocycles. The molecule has 2 fully saturated rings. The van der Waals surface area contributed by atoms with E-state index in [2.05, 4.69) is 18.7 Å². The minimum absolute atomic E-state index is 0.0162. The Bertz CT molecular complexity index is 231. The molecule has 1 saturated heterocycles. The van der Waals surface area contributed by atoms with Gasteiger partial charge in [-0.15, -0.1) is 0 Å². The maximum absolute atomic E-state index is 10.1. The van der Waals surface area contributed by atoms with Crippen LogP contribution in [0.15, 0.2) is 0 Å². The molecule has 0 aromatic heterocycles. The molecule has 1 N–H and O–H groups in total. The topological polar surface area (TPSA) is 23.5 Å². The average Bonchev–Trinajstić information content (AvgIpc) is 2.76. The molecule has 0 bridgehead atoms. The quantitative estimate of drug-likeness (QED) is 0.815. The molecule has 2 rings (SSSR count). The van der Waals surface area contributed by atoms with Crippen molar-refractivity contribution in [3.8, 4) is 0 Å². The second-order valence-electron chi connectivity index (χ2n) is 6.23. The normalized spacial score (nSPS) is 37.2. The van der Waals surface area contributed by atoms with Gasteiger partial charge in [0.15, 0.2) is 0 Å². The predicted molar refractivity (Wildman–Crippen MR) is 72.0 cm³/mol.